The van der Waals surface area contributed by atoms with Crippen LogP contribution >= 0.6 is 11.6 Å². The molecule has 0 aliphatic heterocycles. The van der Waals surface area contributed by atoms with Crippen LogP contribution in [0.5, 0.6) is 5.75 Å². The minimum absolute atomic E-state index is 0. The normalized spacial score (nSPS) is 11.4. The summed E-state index contributed by atoms with van der Waals surface area (Å²) >= 11 is 3.13. The average Bonchev–Trinajstić information content (AvgIpc) is 2.15. The standard InChI is InChI=1S/C8H8ClNO4S.Na/c9-5-1-2-6(14-4-8(10)11)7(3-5)15(12)13;/h1-3H,4H2,(H2,10,11)(H,12,13);/q;+1/p-1. The van der Waals surface area contributed by atoms with Crippen molar-refractivity contribution in [3.05, 3.63) is 23.2 Å². The van der Waals surface area contributed by atoms with Crippen molar-refractivity contribution in [2.24, 2.45) is 5.73 Å². The zero-order valence-corrected chi connectivity index (χ0v) is 12.0. The minimum atomic E-state index is -2.48. The average molecular weight is 272 g/mol. The molecule has 0 saturated heterocycles. The minimum Gasteiger partial charge on any atom is -0.768 e. The van der Waals surface area contributed by atoms with Crippen LogP contribution in [0.15, 0.2) is 23.1 Å². The van der Waals surface area contributed by atoms with Gasteiger partial charge in [-0.05, 0) is 29.3 Å². The Morgan fingerprint density at radius 2 is 2.19 bits per heavy atom. The van der Waals surface area contributed by atoms with Crippen LogP contribution in [0.4, 0.5) is 0 Å². The van der Waals surface area contributed by atoms with Crippen molar-refractivity contribution in [3.63, 3.8) is 0 Å². The van der Waals surface area contributed by atoms with Crippen molar-refractivity contribution in [1.82, 2.24) is 0 Å². The predicted molar refractivity (Wildman–Crippen MR) is 53.3 cm³/mol. The Kier molecular flexibility index (Phi) is 7.21. The fraction of sp³-hybridized carbons (Fsp3) is 0.125. The van der Waals surface area contributed by atoms with E-state index in [1.165, 1.54) is 18.2 Å². The van der Waals surface area contributed by atoms with Crippen LogP contribution < -0.4 is 40.0 Å². The summed E-state index contributed by atoms with van der Waals surface area (Å²) in [5, 5.41) is 0.264. The first-order valence-electron chi connectivity index (χ1n) is 3.80. The van der Waals surface area contributed by atoms with Gasteiger partial charge in [-0.25, -0.2) is 0 Å². The molecule has 82 valence electrons. The second-order valence-electron chi connectivity index (χ2n) is 2.58. The Bertz CT molecular complexity index is 415. The number of ether oxygens (including phenoxy) is 1. The van der Waals surface area contributed by atoms with Gasteiger partial charge in [-0.1, -0.05) is 11.6 Å². The third-order valence-corrected chi connectivity index (χ3v) is 2.37. The Balaban J connectivity index is 0.00000225. The molecule has 1 amide bonds. The van der Waals surface area contributed by atoms with Gasteiger partial charge >= 0.3 is 29.6 Å². The number of hydrogen-bond donors (Lipinski definition) is 1. The quantitative estimate of drug-likeness (QED) is 0.482. The van der Waals surface area contributed by atoms with E-state index >= 15 is 0 Å². The van der Waals surface area contributed by atoms with Gasteiger partial charge < -0.3 is 15.0 Å². The summed E-state index contributed by atoms with van der Waals surface area (Å²) in [5.74, 6) is -0.640. The predicted octanol–water partition coefficient (Wildman–Crippen LogP) is -2.55. The summed E-state index contributed by atoms with van der Waals surface area (Å²) in [6.45, 7) is -0.383. The maximum Gasteiger partial charge on any atom is 1.00 e. The van der Waals surface area contributed by atoms with Crippen LogP contribution in [0.3, 0.4) is 0 Å². The molecular formula is C8H7ClNNaO4S. The van der Waals surface area contributed by atoms with E-state index < -0.39 is 17.0 Å². The third kappa shape index (κ3) is 4.82. The van der Waals surface area contributed by atoms with Crippen LogP contribution in [-0.2, 0) is 15.9 Å². The summed E-state index contributed by atoms with van der Waals surface area (Å²) in [4.78, 5) is 10.3. The fourth-order valence-electron chi connectivity index (χ4n) is 0.880. The van der Waals surface area contributed by atoms with Gasteiger partial charge in [0.15, 0.2) is 6.61 Å². The molecule has 0 aromatic heterocycles. The van der Waals surface area contributed by atoms with Gasteiger partial charge in [0.05, 0.1) is 4.90 Å². The molecule has 8 heteroatoms. The summed E-state index contributed by atoms with van der Waals surface area (Å²) in [6, 6.07) is 4.03. The summed E-state index contributed by atoms with van der Waals surface area (Å²) in [6.07, 6.45) is 0. The van der Waals surface area contributed by atoms with Crippen molar-refractivity contribution >= 4 is 28.6 Å². The molecule has 0 aliphatic rings. The largest absolute Gasteiger partial charge is 1.00 e. The molecule has 0 saturated carbocycles. The van der Waals surface area contributed by atoms with Gasteiger partial charge in [-0.15, -0.1) is 0 Å². The Morgan fingerprint density at radius 1 is 1.56 bits per heavy atom. The van der Waals surface area contributed by atoms with Gasteiger partial charge in [0.2, 0.25) is 0 Å². The number of carbonyl (C=O) groups is 1. The summed E-state index contributed by atoms with van der Waals surface area (Å²) < 4.78 is 26.4. The van der Waals surface area contributed by atoms with Gasteiger partial charge in [0.1, 0.15) is 5.75 Å². The smallest absolute Gasteiger partial charge is 0.768 e. The number of carbonyl (C=O) groups excluding carboxylic acids is 1. The van der Waals surface area contributed by atoms with E-state index in [0.717, 1.165) is 0 Å². The molecule has 0 radical (unpaired) electrons. The number of hydrogen-bond acceptors (Lipinski definition) is 4. The number of benzene rings is 1. The maximum atomic E-state index is 10.8. The van der Waals surface area contributed by atoms with Crippen LogP contribution in [0.2, 0.25) is 5.02 Å². The van der Waals surface area contributed by atoms with E-state index in [9.17, 15) is 13.6 Å². The first kappa shape index (κ1) is 15.9. The Hall–Kier alpha value is -0.110. The Morgan fingerprint density at radius 3 is 2.69 bits per heavy atom. The van der Waals surface area contributed by atoms with Crippen LogP contribution in [0.1, 0.15) is 0 Å². The fourth-order valence-corrected chi connectivity index (χ4v) is 1.63. The first-order valence-corrected chi connectivity index (χ1v) is 5.26. The van der Waals surface area contributed by atoms with Gasteiger partial charge in [0.25, 0.3) is 5.91 Å². The van der Waals surface area contributed by atoms with Crippen LogP contribution in [-0.4, -0.2) is 21.3 Å². The molecular weight excluding hydrogens is 265 g/mol. The van der Waals surface area contributed by atoms with E-state index in [2.05, 4.69) is 0 Å². The number of primary amides is 1. The molecule has 1 aromatic carbocycles. The molecule has 2 N–H and O–H groups in total. The second kappa shape index (κ2) is 7.26. The molecule has 5 nitrogen and oxygen atoms in total. The molecule has 16 heavy (non-hydrogen) atoms. The first-order chi connectivity index (χ1) is 7.00. The summed E-state index contributed by atoms with van der Waals surface area (Å²) in [5.41, 5.74) is 4.85. The molecule has 0 heterocycles. The molecule has 0 bridgehead atoms. The van der Waals surface area contributed by atoms with Gasteiger partial charge in [-0.2, -0.15) is 0 Å². The van der Waals surface area contributed by atoms with Crippen LogP contribution in [0, 0.1) is 0 Å². The molecule has 1 aromatic rings. The maximum absolute atomic E-state index is 10.8. The zero-order valence-electron chi connectivity index (χ0n) is 8.44. The van der Waals surface area contributed by atoms with E-state index in [4.69, 9.17) is 22.1 Å². The molecule has 1 rings (SSSR count). The van der Waals surface area contributed by atoms with E-state index in [1.54, 1.807) is 0 Å². The van der Waals surface area contributed by atoms with E-state index in [1.807, 2.05) is 0 Å². The van der Waals surface area contributed by atoms with Crippen LogP contribution in [0.25, 0.3) is 0 Å². The molecule has 1 atom stereocenters. The monoisotopic (exact) mass is 271 g/mol. The number of rotatable bonds is 4. The molecule has 1 unspecified atom stereocenters. The van der Waals surface area contributed by atoms with Crippen molar-refractivity contribution in [3.8, 4) is 5.75 Å². The van der Waals surface area contributed by atoms with Gasteiger partial charge in [-0.3, -0.25) is 9.00 Å². The molecule has 0 fully saturated rings. The van der Waals surface area contributed by atoms with E-state index in [-0.39, 0.29) is 51.8 Å². The van der Waals surface area contributed by atoms with Crippen molar-refractivity contribution in [2.75, 3.05) is 6.61 Å². The number of halogens is 1. The Labute approximate surface area is 122 Å². The van der Waals surface area contributed by atoms with E-state index in [0.29, 0.717) is 0 Å². The topological polar surface area (TPSA) is 92.5 Å². The van der Waals surface area contributed by atoms with Crippen molar-refractivity contribution in [1.29, 1.82) is 0 Å². The summed E-state index contributed by atoms with van der Waals surface area (Å²) in [7, 11) is 0. The number of amides is 1. The zero-order chi connectivity index (χ0) is 11.4. The number of nitrogens with two attached hydrogens (primary N) is 1. The van der Waals surface area contributed by atoms with Crippen molar-refractivity contribution in [2.45, 2.75) is 4.90 Å². The third-order valence-electron chi connectivity index (χ3n) is 1.46. The molecule has 0 aliphatic carbocycles. The van der Waals surface area contributed by atoms with Gasteiger partial charge in [0, 0.05) is 5.02 Å². The SMILES string of the molecule is NC(=O)COc1ccc(Cl)cc1S(=O)[O-].[Na+]. The molecule has 0 spiro atoms. The second-order valence-corrected chi connectivity index (χ2v) is 3.93. The van der Waals surface area contributed by atoms with Crippen molar-refractivity contribution < 1.29 is 47.9 Å².